The quantitative estimate of drug-likeness (QED) is 0.761. The number of halogens is 2. The second-order valence-electron chi connectivity index (χ2n) is 4.33. The molecule has 5 heteroatoms. The van der Waals surface area contributed by atoms with E-state index in [1.807, 2.05) is 18.2 Å². The molecule has 0 amide bonds. The molecule has 0 unspecified atom stereocenters. The molecular formula is C13H10BrClN2S. The van der Waals surface area contributed by atoms with E-state index in [9.17, 15) is 0 Å². The Bertz CT molecular complexity index is 681. The van der Waals surface area contributed by atoms with Gasteiger partial charge in [-0.05, 0) is 53.4 Å². The molecule has 1 heterocycles. The van der Waals surface area contributed by atoms with E-state index in [0.717, 1.165) is 39.8 Å². The van der Waals surface area contributed by atoms with E-state index >= 15 is 0 Å². The van der Waals surface area contributed by atoms with Crippen LogP contribution in [0.15, 0.2) is 22.7 Å². The monoisotopic (exact) mass is 340 g/mol. The summed E-state index contributed by atoms with van der Waals surface area (Å²) in [5, 5.41) is 0.693. The van der Waals surface area contributed by atoms with Gasteiger partial charge in [-0.3, -0.25) is 0 Å². The zero-order valence-corrected chi connectivity index (χ0v) is 12.6. The SMILES string of the molecule is S=c1nc(-c2ccc(Cl)c(Br)c2)[nH]c2c1CCC2. The molecule has 0 fully saturated rings. The number of aryl methyl sites for hydroxylation is 1. The number of nitrogens with zero attached hydrogens (tertiary/aromatic N) is 1. The van der Waals surface area contributed by atoms with Gasteiger partial charge in [-0.15, -0.1) is 0 Å². The van der Waals surface area contributed by atoms with Gasteiger partial charge in [0, 0.05) is 21.3 Å². The summed E-state index contributed by atoms with van der Waals surface area (Å²) >= 11 is 14.8. The lowest BCUT2D eigenvalue weighted by molar-refractivity contribution is 0.899. The van der Waals surface area contributed by atoms with Crippen LogP contribution in [0.25, 0.3) is 11.4 Å². The summed E-state index contributed by atoms with van der Waals surface area (Å²) in [4.78, 5) is 7.87. The standard InChI is InChI=1S/C13H10BrClN2S/c14-9-6-7(4-5-10(9)15)12-16-11-3-1-2-8(11)13(18)17-12/h4-6H,1-3H2,(H,16,17,18). The van der Waals surface area contributed by atoms with Gasteiger partial charge in [0.05, 0.1) is 5.02 Å². The Kier molecular flexibility index (Phi) is 3.26. The molecule has 3 rings (SSSR count). The third-order valence-corrected chi connectivity index (χ3v) is 4.70. The number of H-pyrrole nitrogens is 1. The molecule has 1 aromatic carbocycles. The molecule has 0 atom stereocenters. The minimum absolute atomic E-state index is 0.693. The number of benzene rings is 1. The van der Waals surface area contributed by atoms with Crippen LogP contribution in [0, 0.1) is 4.64 Å². The van der Waals surface area contributed by atoms with Crippen molar-refractivity contribution < 1.29 is 0 Å². The van der Waals surface area contributed by atoms with Crippen molar-refractivity contribution in [3.05, 3.63) is 43.6 Å². The molecule has 1 aromatic heterocycles. The first-order valence-corrected chi connectivity index (χ1v) is 7.30. The van der Waals surface area contributed by atoms with Crippen LogP contribution in [0.5, 0.6) is 0 Å². The normalized spacial score (nSPS) is 13.7. The first-order chi connectivity index (χ1) is 8.65. The molecule has 0 spiro atoms. The van der Waals surface area contributed by atoms with Gasteiger partial charge in [0.25, 0.3) is 0 Å². The number of aromatic amines is 1. The lowest BCUT2D eigenvalue weighted by atomic mass is 10.2. The van der Waals surface area contributed by atoms with E-state index in [0.29, 0.717) is 5.02 Å². The van der Waals surface area contributed by atoms with Crippen LogP contribution in [-0.4, -0.2) is 9.97 Å². The van der Waals surface area contributed by atoms with Gasteiger partial charge >= 0.3 is 0 Å². The van der Waals surface area contributed by atoms with Gasteiger partial charge < -0.3 is 4.98 Å². The molecule has 92 valence electrons. The molecule has 2 aromatic rings. The van der Waals surface area contributed by atoms with E-state index in [4.69, 9.17) is 23.8 Å². The van der Waals surface area contributed by atoms with Gasteiger partial charge in [0.1, 0.15) is 10.5 Å². The highest BCUT2D eigenvalue weighted by atomic mass is 79.9. The Morgan fingerprint density at radius 1 is 1.33 bits per heavy atom. The van der Waals surface area contributed by atoms with Crippen LogP contribution in [0.1, 0.15) is 17.7 Å². The van der Waals surface area contributed by atoms with Crippen molar-refractivity contribution in [3.63, 3.8) is 0 Å². The Labute approximate surface area is 124 Å². The summed E-state index contributed by atoms with van der Waals surface area (Å²) in [6.07, 6.45) is 3.26. The van der Waals surface area contributed by atoms with E-state index in [1.54, 1.807) is 0 Å². The number of hydrogen-bond donors (Lipinski definition) is 1. The zero-order chi connectivity index (χ0) is 12.7. The average molecular weight is 342 g/mol. The van der Waals surface area contributed by atoms with E-state index < -0.39 is 0 Å². The van der Waals surface area contributed by atoms with Crippen molar-refractivity contribution in [2.75, 3.05) is 0 Å². The fraction of sp³-hybridized carbons (Fsp3) is 0.231. The van der Waals surface area contributed by atoms with Crippen molar-refractivity contribution in [1.82, 2.24) is 9.97 Å². The summed E-state index contributed by atoms with van der Waals surface area (Å²) in [6, 6.07) is 5.76. The number of nitrogens with one attached hydrogen (secondary N) is 1. The number of rotatable bonds is 1. The maximum atomic E-state index is 6.00. The molecule has 1 N–H and O–H groups in total. The molecule has 18 heavy (non-hydrogen) atoms. The molecule has 0 saturated carbocycles. The Hall–Kier alpha value is -0.710. The van der Waals surface area contributed by atoms with Crippen molar-refractivity contribution in [2.24, 2.45) is 0 Å². The first kappa shape index (κ1) is 12.3. The molecule has 2 nitrogen and oxygen atoms in total. The van der Waals surface area contributed by atoms with Crippen LogP contribution in [0.2, 0.25) is 5.02 Å². The van der Waals surface area contributed by atoms with Crippen LogP contribution in [0.3, 0.4) is 0 Å². The highest BCUT2D eigenvalue weighted by Gasteiger charge is 2.15. The molecule has 0 aliphatic heterocycles. The molecule has 1 aliphatic rings. The third-order valence-electron chi connectivity index (χ3n) is 3.15. The van der Waals surface area contributed by atoms with Crippen molar-refractivity contribution in [1.29, 1.82) is 0 Å². The van der Waals surface area contributed by atoms with Gasteiger partial charge in [0.2, 0.25) is 0 Å². The number of fused-ring (bicyclic) bond motifs is 1. The second-order valence-corrected chi connectivity index (χ2v) is 5.98. The van der Waals surface area contributed by atoms with Crippen LogP contribution in [0.4, 0.5) is 0 Å². The Morgan fingerprint density at radius 2 is 2.17 bits per heavy atom. The topological polar surface area (TPSA) is 28.7 Å². The van der Waals surface area contributed by atoms with Gasteiger partial charge in [-0.2, -0.15) is 0 Å². The molecule has 0 radical (unpaired) electrons. The van der Waals surface area contributed by atoms with Gasteiger partial charge in [0.15, 0.2) is 0 Å². The van der Waals surface area contributed by atoms with Crippen LogP contribution >= 0.6 is 39.7 Å². The zero-order valence-electron chi connectivity index (χ0n) is 9.46. The molecular weight excluding hydrogens is 332 g/mol. The lowest BCUT2D eigenvalue weighted by Crippen LogP contribution is -1.97. The third kappa shape index (κ3) is 2.13. The Balaban J connectivity index is 2.15. The smallest absolute Gasteiger partial charge is 0.139 e. The first-order valence-electron chi connectivity index (χ1n) is 5.72. The summed E-state index contributed by atoms with van der Waals surface area (Å²) in [7, 11) is 0. The van der Waals surface area contributed by atoms with E-state index in [2.05, 4.69) is 25.9 Å². The number of hydrogen-bond acceptors (Lipinski definition) is 2. The highest BCUT2D eigenvalue weighted by molar-refractivity contribution is 9.10. The minimum Gasteiger partial charge on any atom is -0.343 e. The van der Waals surface area contributed by atoms with Crippen LogP contribution < -0.4 is 0 Å². The Morgan fingerprint density at radius 3 is 2.94 bits per heavy atom. The largest absolute Gasteiger partial charge is 0.343 e. The van der Waals surface area contributed by atoms with E-state index in [-0.39, 0.29) is 0 Å². The lowest BCUT2D eigenvalue weighted by Gasteiger charge is -2.06. The summed E-state index contributed by atoms with van der Waals surface area (Å²) < 4.78 is 1.59. The average Bonchev–Trinajstić information content (AvgIpc) is 2.81. The maximum absolute atomic E-state index is 6.00. The summed E-state index contributed by atoms with van der Waals surface area (Å²) in [6.45, 7) is 0. The minimum atomic E-state index is 0.693. The van der Waals surface area contributed by atoms with E-state index in [1.165, 1.54) is 11.3 Å². The van der Waals surface area contributed by atoms with Crippen molar-refractivity contribution >= 4 is 39.7 Å². The summed E-state index contributed by atoms with van der Waals surface area (Å²) in [5.41, 5.74) is 3.44. The van der Waals surface area contributed by atoms with Crippen molar-refractivity contribution in [2.45, 2.75) is 19.3 Å². The predicted octanol–water partition coefficient (Wildman–Crippen LogP) is 4.71. The van der Waals surface area contributed by atoms with Crippen LogP contribution in [-0.2, 0) is 12.8 Å². The summed E-state index contributed by atoms with van der Waals surface area (Å²) in [5.74, 6) is 0.818. The van der Waals surface area contributed by atoms with Gasteiger partial charge in [-0.1, -0.05) is 23.8 Å². The van der Waals surface area contributed by atoms with Crippen molar-refractivity contribution in [3.8, 4) is 11.4 Å². The van der Waals surface area contributed by atoms with Gasteiger partial charge in [-0.25, -0.2) is 4.98 Å². The molecule has 0 saturated heterocycles. The number of aromatic nitrogens is 2. The second kappa shape index (κ2) is 4.76. The molecule has 0 bridgehead atoms. The highest BCUT2D eigenvalue weighted by Crippen LogP contribution is 2.29. The molecule has 1 aliphatic carbocycles. The maximum Gasteiger partial charge on any atom is 0.139 e. The fourth-order valence-electron chi connectivity index (χ4n) is 2.24. The predicted molar refractivity (Wildman–Crippen MR) is 79.6 cm³/mol. The fourth-order valence-corrected chi connectivity index (χ4v) is 3.05.